The fourth-order valence-corrected chi connectivity index (χ4v) is 3.70. The maximum Gasteiger partial charge on any atom is 0.255 e. The van der Waals surface area contributed by atoms with Crippen molar-refractivity contribution in [3.8, 4) is 5.75 Å². The molecule has 0 unspecified atom stereocenters. The van der Waals surface area contributed by atoms with E-state index in [4.69, 9.17) is 4.74 Å². The Labute approximate surface area is 175 Å². The monoisotopic (exact) mass is 428 g/mol. The average molecular weight is 428 g/mol. The van der Waals surface area contributed by atoms with Gasteiger partial charge in [0.15, 0.2) is 0 Å². The van der Waals surface area contributed by atoms with Gasteiger partial charge in [-0.2, -0.15) is 0 Å². The molecule has 0 aliphatic heterocycles. The van der Waals surface area contributed by atoms with Crippen LogP contribution in [0.2, 0.25) is 0 Å². The van der Waals surface area contributed by atoms with Gasteiger partial charge in [-0.1, -0.05) is 12.1 Å². The topological polar surface area (TPSA) is 75.7 Å². The van der Waals surface area contributed by atoms with Crippen molar-refractivity contribution in [2.45, 2.75) is 6.54 Å². The van der Waals surface area contributed by atoms with Crippen molar-refractivity contribution >= 4 is 27.3 Å². The Morgan fingerprint density at radius 1 is 0.967 bits per heavy atom. The third kappa shape index (κ3) is 5.36. The van der Waals surface area contributed by atoms with Gasteiger partial charge in [-0.15, -0.1) is 0 Å². The Hall–Kier alpha value is -3.39. The molecule has 0 aliphatic rings. The van der Waals surface area contributed by atoms with Crippen LogP contribution in [0.15, 0.2) is 72.8 Å². The minimum Gasteiger partial charge on any atom is -0.497 e. The zero-order valence-corrected chi connectivity index (χ0v) is 17.3. The Balaban J connectivity index is 1.77. The number of hydrogen-bond donors (Lipinski definition) is 1. The molecular weight excluding hydrogens is 407 g/mol. The van der Waals surface area contributed by atoms with E-state index in [-0.39, 0.29) is 12.5 Å². The normalized spacial score (nSPS) is 11.0. The molecule has 156 valence electrons. The Morgan fingerprint density at radius 2 is 1.57 bits per heavy atom. The van der Waals surface area contributed by atoms with Crippen LogP contribution in [0.1, 0.15) is 15.9 Å². The van der Waals surface area contributed by atoms with Gasteiger partial charge in [-0.05, 0) is 66.2 Å². The first-order valence-electron chi connectivity index (χ1n) is 9.04. The molecule has 0 heterocycles. The molecule has 3 aromatic rings. The summed E-state index contributed by atoms with van der Waals surface area (Å²) in [5, 5.41) is 2.77. The van der Waals surface area contributed by atoms with Crippen LogP contribution >= 0.6 is 0 Å². The van der Waals surface area contributed by atoms with Crippen LogP contribution in [0, 0.1) is 5.82 Å². The van der Waals surface area contributed by atoms with Crippen molar-refractivity contribution in [1.82, 2.24) is 0 Å². The SMILES string of the molecule is COc1ccc(NC(=O)c2ccc(N(Cc3ccc(F)cc3)S(C)(=O)=O)cc2)cc1. The number of amides is 1. The van der Waals surface area contributed by atoms with Gasteiger partial charge >= 0.3 is 0 Å². The van der Waals surface area contributed by atoms with Gasteiger partial charge in [0.2, 0.25) is 10.0 Å². The molecule has 0 aliphatic carbocycles. The maximum absolute atomic E-state index is 13.1. The Morgan fingerprint density at radius 3 is 2.10 bits per heavy atom. The molecule has 0 saturated carbocycles. The molecule has 0 aromatic heterocycles. The number of sulfonamides is 1. The van der Waals surface area contributed by atoms with Crippen molar-refractivity contribution in [1.29, 1.82) is 0 Å². The number of hydrogen-bond acceptors (Lipinski definition) is 4. The van der Waals surface area contributed by atoms with Crippen molar-refractivity contribution in [2.24, 2.45) is 0 Å². The fourth-order valence-electron chi connectivity index (χ4n) is 2.81. The molecule has 0 spiro atoms. The molecule has 0 fully saturated rings. The number of anilines is 2. The van der Waals surface area contributed by atoms with Crippen LogP contribution in [0.4, 0.5) is 15.8 Å². The molecule has 0 saturated heterocycles. The van der Waals surface area contributed by atoms with Crippen molar-refractivity contribution in [3.05, 3.63) is 89.7 Å². The van der Waals surface area contributed by atoms with E-state index in [1.807, 2.05) is 0 Å². The standard InChI is InChI=1S/C22H21FN2O4S/c1-29-21-13-9-19(10-14-21)24-22(26)17-5-11-20(12-6-17)25(30(2,27)28)15-16-3-7-18(23)8-4-16/h3-14H,15H2,1-2H3,(H,24,26). The number of rotatable bonds is 7. The summed E-state index contributed by atoms with van der Waals surface area (Å²) >= 11 is 0. The van der Waals surface area contributed by atoms with Crippen LogP contribution < -0.4 is 14.4 Å². The van der Waals surface area contributed by atoms with Crippen LogP contribution in [0.25, 0.3) is 0 Å². The number of carbonyl (C=O) groups is 1. The first-order chi connectivity index (χ1) is 14.3. The number of nitrogens with zero attached hydrogens (tertiary/aromatic N) is 1. The zero-order valence-electron chi connectivity index (χ0n) is 16.5. The van der Waals surface area contributed by atoms with E-state index in [1.54, 1.807) is 55.6 Å². The van der Waals surface area contributed by atoms with Crippen molar-refractivity contribution in [3.63, 3.8) is 0 Å². The van der Waals surface area contributed by atoms with Gasteiger partial charge in [-0.25, -0.2) is 12.8 Å². The van der Waals surface area contributed by atoms with E-state index in [2.05, 4.69) is 5.32 Å². The van der Waals surface area contributed by atoms with Crippen LogP contribution in [-0.2, 0) is 16.6 Å². The van der Waals surface area contributed by atoms with E-state index in [0.29, 0.717) is 28.3 Å². The Bertz CT molecular complexity index is 1110. The van der Waals surface area contributed by atoms with Gasteiger partial charge in [0, 0.05) is 11.3 Å². The molecule has 3 aromatic carbocycles. The summed E-state index contributed by atoms with van der Waals surface area (Å²) in [5.74, 6) is -0.0348. The lowest BCUT2D eigenvalue weighted by Gasteiger charge is -2.22. The molecule has 1 amide bonds. The second-order valence-corrected chi connectivity index (χ2v) is 8.53. The van der Waals surface area contributed by atoms with E-state index in [1.165, 1.54) is 28.6 Å². The lowest BCUT2D eigenvalue weighted by atomic mass is 10.1. The van der Waals surface area contributed by atoms with E-state index in [9.17, 15) is 17.6 Å². The number of ether oxygens (including phenoxy) is 1. The lowest BCUT2D eigenvalue weighted by Crippen LogP contribution is -2.29. The zero-order chi connectivity index (χ0) is 21.7. The molecule has 30 heavy (non-hydrogen) atoms. The van der Waals surface area contributed by atoms with Crippen LogP contribution in [0.3, 0.4) is 0 Å². The lowest BCUT2D eigenvalue weighted by molar-refractivity contribution is 0.102. The highest BCUT2D eigenvalue weighted by atomic mass is 32.2. The first kappa shape index (κ1) is 21.3. The third-order valence-corrected chi connectivity index (χ3v) is 5.55. The number of benzene rings is 3. The molecule has 0 radical (unpaired) electrons. The van der Waals surface area contributed by atoms with Gasteiger partial charge in [0.1, 0.15) is 11.6 Å². The predicted molar refractivity (Wildman–Crippen MR) is 115 cm³/mol. The van der Waals surface area contributed by atoms with Gasteiger partial charge in [0.25, 0.3) is 5.91 Å². The second kappa shape index (κ2) is 8.96. The van der Waals surface area contributed by atoms with Crippen LogP contribution in [-0.4, -0.2) is 27.7 Å². The number of carbonyl (C=O) groups excluding carboxylic acids is 1. The minimum absolute atomic E-state index is 0.0521. The second-order valence-electron chi connectivity index (χ2n) is 6.63. The summed E-state index contributed by atoms with van der Waals surface area (Å²) in [6.07, 6.45) is 1.10. The summed E-state index contributed by atoms with van der Waals surface area (Å²) < 4.78 is 44.0. The molecule has 0 bridgehead atoms. The molecule has 3 rings (SSSR count). The Kier molecular flexibility index (Phi) is 6.37. The maximum atomic E-state index is 13.1. The highest BCUT2D eigenvalue weighted by Gasteiger charge is 2.18. The highest BCUT2D eigenvalue weighted by Crippen LogP contribution is 2.22. The number of methoxy groups -OCH3 is 1. The number of halogens is 1. The molecule has 8 heteroatoms. The molecule has 1 N–H and O–H groups in total. The van der Waals surface area contributed by atoms with Crippen molar-refractivity contribution < 1.29 is 22.3 Å². The summed E-state index contributed by atoms with van der Waals surface area (Å²) in [5.41, 5.74) is 2.04. The van der Waals surface area contributed by atoms with E-state index >= 15 is 0 Å². The molecule has 0 atom stereocenters. The highest BCUT2D eigenvalue weighted by molar-refractivity contribution is 7.92. The smallest absolute Gasteiger partial charge is 0.255 e. The van der Waals surface area contributed by atoms with Gasteiger partial charge < -0.3 is 10.1 Å². The average Bonchev–Trinajstić information content (AvgIpc) is 2.73. The summed E-state index contributed by atoms with van der Waals surface area (Å²) in [6, 6.07) is 18.8. The predicted octanol–water partition coefficient (Wildman–Crippen LogP) is 4.05. The third-order valence-electron chi connectivity index (χ3n) is 4.41. The number of nitrogens with one attached hydrogen (secondary N) is 1. The largest absolute Gasteiger partial charge is 0.497 e. The summed E-state index contributed by atoms with van der Waals surface area (Å²) in [6.45, 7) is 0.0521. The van der Waals surface area contributed by atoms with E-state index < -0.39 is 15.8 Å². The van der Waals surface area contributed by atoms with E-state index in [0.717, 1.165) is 6.26 Å². The minimum atomic E-state index is -3.59. The summed E-state index contributed by atoms with van der Waals surface area (Å²) in [7, 11) is -2.03. The van der Waals surface area contributed by atoms with Gasteiger partial charge in [-0.3, -0.25) is 9.10 Å². The van der Waals surface area contributed by atoms with Gasteiger partial charge in [0.05, 0.1) is 25.6 Å². The first-order valence-corrected chi connectivity index (χ1v) is 10.9. The quantitative estimate of drug-likeness (QED) is 0.616. The molecule has 6 nitrogen and oxygen atoms in total. The molecular formula is C22H21FN2O4S. The van der Waals surface area contributed by atoms with Crippen LogP contribution in [0.5, 0.6) is 5.75 Å². The van der Waals surface area contributed by atoms with Crippen molar-refractivity contribution in [2.75, 3.05) is 23.0 Å². The fraction of sp³-hybridized carbons (Fsp3) is 0.136. The summed E-state index contributed by atoms with van der Waals surface area (Å²) in [4.78, 5) is 12.5.